The molecular weight excluding hydrogens is 228 g/mol. The van der Waals surface area contributed by atoms with Gasteiger partial charge in [0.25, 0.3) is 0 Å². The summed E-state index contributed by atoms with van der Waals surface area (Å²) >= 11 is 0. The predicted octanol–water partition coefficient (Wildman–Crippen LogP) is 2.68. The van der Waals surface area contributed by atoms with Crippen molar-refractivity contribution in [2.24, 2.45) is 0 Å². The third-order valence-electron chi connectivity index (χ3n) is 2.77. The molecule has 0 bridgehead atoms. The summed E-state index contributed by atoms with van der Waals surface area (Å²) in [6.45, 7) is 4.92. The molecule has 0 aliphatic heterocycles. The van der Waals surface area contributed by atoms with Gasteiger partial charge in [0, 0.05) is 12.1 Å². The van der Waals surface area contributed by atoms with Crippen molar-refractivity contribution in [2.45, 2.75) is 27.0 Å². The second-order valence-electron chi connectivity index (χ2n) is 4.04. The molecular formula is C14H16N2O2. The molecule has 1 aromatic carbocycles. The van der Waals surface area contributed by atoms with Gasteiger partial charge in [-0.05, 0) is 26.0 Å². The van der Waals surface area contributed by atoms with Crippen LogP contribution < -0.4 is 4.74 Å². The lowest BCUT2D eigenvalue weighted by Crippen LogP contribution is -2.04. The average Bonchev–Trinajstić information content (AvgIpc) is 2.84. The van der Waals surface area contributed by atoms with Gasteiger partial charge in [0.15, 0.2) is 5.78 Å². The highest BCUT2D eigenvalue weighted by Crippen LogP contribution is 2.15. The van der Waals surface area contributed by atoms with Gasteiger partial charge in [-0.15, -0.1) is 0 Å². The SMILES string of the molecule is CCn1cncc1COc1cccc(C(C)=O)c1. The molecule has 2 aromatic rings. The first-order valence-corrected chi connectivity index (χ1v) is 5.93. The van der Waals surface area contributed by atoms with Gasteiger partial charge < -0.3 is 9.30 Å². The number of hydrogen-bond acceptors (Lipinski definition) is 3. The molecule has 18 heavy (non-hydrogen) atoms. The summed E-state index contributed by atoms with van der Waals surface area (Å²) in [6.07, 6.45) is 3.57. The minimum Gasteiger partial charge on any atom is -0.487 e. The van der Waals surface area contributed by atoms with E-state index in [1.165, 1.54) is 0 Å². The van der Waals surface area contributed by atoms with Crippen LogP contribution in [0.1, 0.15) is 29.9 Å². The number of aryl methyl sites for hydroxylation is 1. The molecule has 0 fully saturated rings. The van der Waals surface area contributed by atoms with Crippen molar-refractivity contribution >= 4 is 5.78 Å². The third-order valence-corrected chi connectivity index (χ3v) is 2.77. The summed E-state index contributed by atoms with van der Waals surface area (Å²) in [6, 6.07) is 7.21. The van der Waals surface area contributed by atoms with Crippen LogP contribution in [0.3, 0.4) is 0 Å². The van der Waals surface area contributed by atoms with E-state index in [1.807, 2.05) is 16.7 Å². The van der Waals surface area contributed by atoms with Crippen molar-refractivity contribution in [1.29, 1.82) is 0 Å². The minimum absolute atomic E-state index is 0.0408. The summed E-state index contributed by atoms with van der Waals surface area (Å²) in [5.74, 6) is 0.741. The Labute approximate surface area is 106 Å². The Morgan fingerprint density at radius 2 is 2.28 bits per heavy atom. The van der Waals surface area contributed by atoms with Crippen LogP contribution in [-0.4, -0.2) is 15.3 Å². The first-order chi connectivity index (χ1) is 8.70. The number of carbonyl (C=O) groups is 1. The normalized spacial score (nSPS) is 10.3. The van der Waals surface area contributed by atoms with E-state index in [0.29, 0.717) is 17.9 Å². The fourth-order valence-electron chi connectivity index (χ4n) is 1.72. The molecule has 1 aromatic heterocycles. The monoisotopic (exact) mass is 244 g/mol. The van der Waals surface area contributed by atoms with Crippen LogP contribution in [0.2, 0.25) is 0 Å². The smallest absolute Gasteiger partial charge is 0.159 e. The second-order valence-corrected chi connectivity index (χ2v) is 4.04. The van der Waals surface area contributed by atoms with E-state index in [-0.39, 0.29) is 5.78 Å². The molecule has 4 heteroatoms. The number of benzene rings is 1. The summed E-state index contributed by atoms with van der Waals surface area (Å²) < 4.78 is 7.69. The lowest BCUT2D eigenvalue weighted by molar-refractivity contribution is 0.101. The lowest BCUT2D eigenvalue weighted by Gasteiger charge is -2.08. The molecule has 0 saturated carbocycles. The summed E-state index contributed by atoms with van der Waals surface area (Å²) in [4.78, 5) is 15.3. The van der Waals surface area contributed by atoms with E-state index in [9.17, 15) is 4.79 Å². The highest BCUT2D eigenvalue weighted by Gasteiger charge is 2.04. The lowest BCUT2D eigenvalue weighted by atomic mass is 10.1. The molecule has 2 rings (SSSR count). The van der Waals surface area contributed by atoms with Crippen molar-refractivity contribution in [3.63, 3.8) is 0 Å². The molecule has 1 heterocycles. The Morgan fingerprint density at radius 3 is 3.00 bits per heavy atom. The topological polar surface area (TPSA) is 44.1 Å². The average molecular weight is 244 g/mol. The van der Waals surface area contributed by atoms with Gasteiger partial charge in [0.05, 0.1) is 18.2 Å². The Hall–Kier alpha value is -2.10. The molecule has 0 radical (unpaired) electrons. The van der Waals surface area contributed by atoms with Gasteiger partial charge in [0.1, 0.15) is 12.4 Å². The molecule has 94 valence electrons. The Balaban J connectivity index is 2.06. The van der Waals surface area contributed by atoms with Crippen molar-refractivity contribution < 1.29 is 9.53 Å². The van der Waals surface area contributed by atoms with E-state index < -0.39 is 0 Å². The van der Waals surface area contributed by atoms with Crippen LogP contribution in [0.5, 0.6) is 5.75 Å². The molecule has 0 saturated heterocycles. The maximum absolute atomic E-state index is 11.3. The number of rotatable bonds is 5. The number of imidazole rings is 1. The van der Waals surface area contributed by atoms with Crippen LogP contribution in [0.25, 0.3) is 0 Å². The number of hydrogen-bond donors (Lipinski definition) is 0. The predicted molar refractivity (Wildman–Crippen MR) is 68.7 cm³/mol. The Kier molecular flexibility index (Phi) is 3.77. The van der Waals surface area contributed by atoms with Gasteiger partial charge in [-0.1, -0.05) is 12.1 Å². The van der Waals surface area contributed by atoms with Crippen LogP contribution in [0.15, 0.2) is 36.8 Å². The standard InChI is InChI=1S/C14H16N2O2/c1-3-16-10-15-8-13(16)9-18-14-6-4-5-12(7-14)11(2)17/h4-8,10H,3,9H2,1-2H3. The van der Waals surface area contributed by atoms with Crippen LogP contribution >= 0.6 is 0 Å². The van der Waals surface area contributed by atoms with E-state index in [0.717, 1.165) is 12.2 Å². The number of aromatic nitrogens is 2. The molecule has 0 atom stereocenters. The van der Waals surface area contributed by atoms with E-state index in [2.05, 4.69) is 11.9 Å². The number of ketones is 1. The molecule has 0 aliphatic rings. The van der Waals surface area contributed by atoms with Crippen LogP contribution in [0.4, 0.5) is 0 Å². The number of Topliss-reactive ketones (excluding diaryl/α,β-unsaturated/α-hetero) is 1. The first kappa shape index (κ1) is 12.4. The maximum Gasteiger partial charge on any atom is 0.159 e. The largest absolute Gasteiger partial charge is 0.487 e. The summed E-state index contributed by atoms with van der Waals surface area (Å²) in [7, 11) is 0. The van der Waals surface area contributed by atoms with Gasteiger partial charge >= 0.3 is 0 Å². The van der Waals surface area contributed by atoms with Crippen LogP contribution in [-0.2, 0) is 13.2 Å². The summed E-state index contributed by atoms with van der Waals surface area (Å²) in [5.41, 5.74) is 1.68. The Morgan fingerprint density at radius 1 is 1.44 bits per heavy atom. The Bertz CT molecular complexity index is 546. The second kappa shape index (κ2) is 5.49. The number of ether oxygens (including phenoxy) is 1. The fraction of sp³-hybridized carbons (Fsp3) is 0.286. The van der Waals surface area contributed by atoms with Crippen molar-refractivity contribution in [3.05, 3.63) is 48.0 Å². The van der Waals surface area contributed by atoms with E-state index >= 15 is 0 Å². The molecule has 0 aliphatic carbocycles. The molecule has 0 unspecified atom stereocenters. The van der Waals surface area contributed by atoms with Gasteiger partial charge in [-0.2, -0.15) is 0 Å². The van der Waals surface area contributed by atoms with Gasteiger partial charge in [0.2, 0.25) is 0 Å². The first-order valence-electron chi connectivity index (χ1n) is 5.93. The maximum atomic E-state index is 11.3. The highest BCUT2D eigenvalue weighted by molar-refractivity contribution is 5.94. The van der Waals surface area contributed by atoms with Gasteiger partial charge in [-0.25, -0.2) is 4.98 Å². The molecule has 0 amide bonds. The zero-order chi connectivity index (χ0) is 13.0. The van der Waals surface area contributed by atoms with Crippen molar-refractivity contribution in [3.8, 4) is 5.75 Å². The van der Waals surface area contributed by atoms with Crippen molar-refractivity contribution in [1.82, 2.24) is 9.55 Å². The van der Waals surface area contributed by atoms with E-state index in [4.69, 9.17) is 4.74 Å². The van der Waals surface area contributed by atoms with Crippen LogP contribution in [0, 0.1) is 0 Å². The zero-order valence-electron chi connectivity index (χ0n) is 10.6. The molecule has 0 spiro atoms. The summed E-state index contributed by atoms with van der Waals surface area (Å²) in [5, 5.41) is 0. The van der Waals surface area contributed by atoms with Crippen molar-refractivity contribution in [2.75, 3.05) is 0 Å². The number of carbonyl (C=O) groups excluding carboxylic acids is 1. The minimum atomic E-state index is 0.0408. The molecule has 0 N–H and O–H groups in total. The quantitative estimate of drug-likeness (QED) is 0.759. The highest BCUT2D eigenvalue weighted by atomic mass is 16.5. The molecule has 4 nitrogen and oxygen atoms in total. The third kappa shape index (κ3) is 2.77. The zero-order valence-corrected chi connectivity index (χ0v) is 10.6. The van der Waals surface area contributed by atoms with E-state index in [1.54, 1.807) is 31.6 Å². The fourth-order valence-corrected chi connectivity index (χ4v) is 1.72. The number of nitrogens with zero attached hydrogens (tertiary/aromatic N) is 2. The van der Waals surface area contributed by atoms with Gasteiger partial charge in [-0.3, -0.25) is 4.79 Å².